The minimum absolute atomic E-state index is 0.0162. The summed E-state index contributed by atoms with van der Waals surface area (Å²) in [4.78, 5) is 27.7. The number of fused-ring (bicyclic) bond motifs is 2. The first-order valence-electron chi connectivity index (χ1n) is 10.9. The Morgan fingerprint density at radius 1 is 1.09 bits per heavy atom. The molecule has 3 aromatic rings. The summed E-state index contributed by atoms with van der Waals surface area (Å²) < 4.78 is 52.9. The van der Waals surface area contributed by atoms with Gasteiger partial charge in [-0.15, -0.1) is 0 Å². The number of piperidine rings is 1. The second-order valence-electron chi connectivity index (χ2n) is 8.73. The number of hydrogen-bond acceptors (Lipinski definition) is 5. The number of nitrogens with zero attached hydrogens (tertiary/aromatic N) is 4. The first kappa shape index (κ1) is 22.2. The number of carbonyl (C=O) groups excluding carboxylic acids is 1. The molecule has 176 valence electrons. The molecule has 5 rings (SSSR count). The molecular formula is C24H21F4N5O. The Morgan fingerprint density at radius 3 is 2.59 bits per heavy atom. The molecular weight excluding hydrogens is 450 g/mol. The molecule has 2 bridgehead atoms. The molecule has 1 saturated carbocycles. The number of hydrogen-bond donors (Lipinski definition) is 1. The lowest BCUT2D eigenvalue weighted by atomic mass is 10.0. The number of anilines is 1. The van der Waals surface area contributed by atoms with Gasteiger partial charge in [-0.3, -0.25) is 14.8 Å². The Kier molecular flexibility index (Phi) is 5.45. The first-order valence-corrected chi connectivity index (χ1v) is 10.9. The van der Waals surface area contributed by atoms with Gasteiger partial charge in [-0.25, -0.2) is 9.37 Å². The summed E-state index contributed by atoms with van der Waals surface area (Å²) in [6, 6.07) is 8.05. The molecule has 2 unspecified atom stereocenters. The van der Waals surface area contributed by atoms with Gasteiger partial charge in [0.25, 0.3) is 5.91 Å². The highest BCUT2D eigenvalue weighted by Crippen LogP contribution is 2.40. The standard InChI is InChI=1S/C24H21F4N5O/c1-13-4-6-16(21(31-13)22-17(25)3-2-8-29-22)23(34)33-12-14-9-18(19(33)10-14)32-20-7-5-15(11-30-20)24(26,27)28/h2-8,11,14,18-19H,9-10,12H2,1H3,(H,30,32)/t14-,18?,19?/m0/s1. The fourth-order valence-electron chi connectivity index (χ4n) is 4.88. The molecule has 1 aliphatic carbocycles. The topological polar surface area (TPSA) is 71.0 Å². The van der Waals surface area contributed by atoms with Crippen LogP contribution < -0.4 is 5.32 Å². The van der Waals surface area contributed by atoms with Gasteiger partial charge in [0.2, 0.25) is 0 Å². The van der Waals surface area contributed by atoms with Crippen molar-refractivity contribution in [3.05, 3.63) is 71.4 Å². The summed E-state index contributed by atoms with van der Waals surface area (Å²) in [7, 11) is 0. The molecule has 4 heterocycles. The molecule has 3 atom stereocenters. The fourth-order valence-corrected chi connectivity index (χ4v) is 4.88. The summed E-state index contributed by atoms with van der Waals surface area (Å²) in [6.45, 7) is 2.31. The lowest BCUT2D eigenvalue weighted by molar-refractivity contribution is -0.137. The minimum Gasteiger partial charge on any atom is -0.365 e. The maximum atomic E-state index is 14.5. The number of amides is 1. The van der Waals surface area contributed by atoms with Crippen molar-refractivity contribution in [1.82, 2.24) is 19.9 Å². The van der Waals surface area contributed by atoms with Gasteiger partial charge in [-0.2, -0.15) is 13.2 Å². The summed E-state index contributed by atoms with van der Waals surface area (Å²) in [5.74, 6) is -0.252. The molecule has 6 nitrogen and oxygen atoms in total. The van der Waals surface area contributed by atoms with E-state index in [1.165, 1.54) is 24.4 Å². The molecule has 3 aromatic heterocycles. The van der Waals surface area contributed by atoms with Crippen LogP contribution in [0.2, 0.25) is 0 Å². The van der Waals surface area contributed by atoms with Crippen molar-refractivity contribution in [2.75, 3.05) is 11.9 Å². The third-order valence-corrected chi connectivity index (χ3v) is 6.41. The van der Waals surface area contributed by atoms with E-state index in [0.717, 1.165) is 25.1 Å². The average Bonchev–Trinajstić information content (AvgIpc) is 3.39. The van der Waals surface area contributed by atoms with E-state index >= 15 is 0 Å². The van der Waals surface area contributed by atoms with Crippen LogP contribution in [0.4, 0.5) is 23.4 Å². The minimum atomic E-state index is -4.45. The highest BCUT2D eigenvalue weighted by molar-refractivity contribution is 6.00. The summed E-state index contributed by atoms with van der Waals surface area (Å²) in [5, 5.41) is 3.19. The van der Waals surface area contributed by atoms with Crippen molar-refractivity contribution in [2.24, 2.45) is 5.92 Å². The van der Waals surface area contributed by atoms with Crippen molar-refractivity contribution in [3.8, 4) is 11.4 Å². The highest BCUT2D eigenvalue weighted by Gasteiger charge is 2.47. The van der Waals surface area contributed by atoms with Crippen LogP contribution in [0.15, 0.2) is 48.8 Å². The molecule has 0 aromatic carbocycles. The number of pyridine rings is 3. The summed E-state index contributed by atoms with van der Waals surface area (Å²) in [5.41, 5.74) is 0.292. The van der Waals surface area contributed by atoms with Gasteiger partial charge in [0.05, 0.1) is 17.2 Å². The van der Waals surface area contributed by atoms with Crippen LogP contribution in [0.1, 0.15) is 34.5 Å². The fraction of sp³-hybridized carbons (Fsp3) is 0.333. The molecule has 10 heteroatoms. The highest BCUT2D eigenvalue weighted by atomic mass is 19.4. The van der Waals surface area contributed by atoms with Gasteiger partial charge in [0.1, 0.15) is 17.2 Å². The molecule has 34 heavy (non-hydrogen) atoms. The molecule has 2 fully saturated rings. The molecule has 1 amide bonds. The Morgan fingerprint density at radius 2 is 1.91 bits per heavy atom. The first-order chi connectivity index (χ1) is 16.2. The molecule has 1 saturated heterocycles. The van der Waals surface area contributed by atoms with E-state index < -0.39 is 17.6 Å². The zero-order valence-corrected chi connectivity index (χ0v) is 18.2. The Bertz CT molecular complexity index is 1230. The largest absolute Gasteiger partial charge is 0.417 e. The van der Waals surface area contributed by atoms with E-state index in [1.807, 2.05) is 0 Å². The molecule has 1 N–H and O–H groups in total. The van der Waals surface area contributed by atoms with Crippen LogP contribution in [0, 0.1) is 18.7 Å². The van der Waals surface area contributed by atoms with Gasteiger partial charge in [-0.1, -0.05) is 0 Å². The summed E-state index contributed by atoms with van der Waals surface area (Å²) in [6.07, 6.45) is -0.648. The number of halogens is 4. The molecule has 2 aliphatic rings. The van der Waals surface area contributed by atoms with Crippen LogP contribution in [0.25, 0.3) is 11.4 Å². The number of likely N-dealkylation sites (tertiary alicyclic amines) is 1. The maximum absolute atomic E-state index is 14.5. The SMILES string of the molecule is Cc1ccc(C(=O)N2C[C@H]3CC(Nc4ccc(C(F)(F)F)cn4)C2C3)c(-c2ncccc2F)n1. The zero-order valence-electron chi connectivity index (χ0n) is 18.2. The Balaban J connectivity index is 1.39. The number of rotatable bonds is 4. The number of alkyl halides is 3. The Hall–Kier alpha value is -3.56. The van der Waals surface area contributed by atoms with E-state index in [9.17, 15) is 22.4 Å². The van der Waals surface area contributed by atoms with E-state index in [1.54, 1.807) is 24.0 Å². The normalized spacial score (nSPS) is 21.7. The van der Waals surface area contributed by atoms with Crippen LogP contribution in [0.5, 0.6) is 0 Å². The predicted octanol–water partition coefficient (Wildman–Crippen LogP) is 4.72. The van der Waals surface area contributed by atoms with E-state index in [2.05, 4.69) is 20.3 Å². The summed E-state index contributed by atoms with van der Waals surface area (Å²) >= 11 is 0. The third-order valence-electron chi connectivity index (χ3n) is 6.41. The quantitative estimate of drug-likeness (QED) is 0.558. The predicted molar refractivity (Wildman–Crippen MR) is 116 cm³/mol. The van der Waals surface area contributed by atoms with Crippen molar-refractivity contribution in [3.63, 3.8) is 0 Å². The molecule has 0 spiro atoms. The lowest BCUT2D eigenvalue weighted by Gasteiger charge is -2.34. The number of carbonyl (C=O) groups is 1. The molecule has 0 radical (unpaired) electrons. The monoisotopic (exact) mass is 471 g/mol. The van der Waals surface area contributed by atoms with Crippen molar-refractivity contribution in [2.45, 2.75) is 38.0 Å². The average molecular weight is 471 g/mol. The number of aryl methyl sites for hydroxylation is 1. The van der Waals surface area contributed by atoms with E-state index in [-0.39, 0.29) is 40.9 Å². The number of aromatic nitrogens is 3. The van der Waals surface area contributed by atoms with Gasteiger partial charge in [0, 0.05) is 30.7 Å². The van der Waals surface area contributed by atoms with Gasteiger partial charge in [-0.05, 0) is 62.1 Å². The smallest absolute Gasteiger partial charge is 0.365 e. The molecule has 1 aliphatic heterocycles. The third kappa shape index (κ3) is 4.08. The maximum Gasteiger partial charge on any atom is 0.417 e. The second kappa shape index (κ2) is 8.34. The van der Waals surface area contributed by atoms with E-state index in [4.69, 9.17) is 0 Å². The second-order valence-corrected chi connectivity index (χ2v) is 8.73. The van der Waals surface area contributed by atoms with Crippen molar-refractivity contribution >= 4 is 11.7 Å². The van der Waals surface area contributed by atoms with Gasteiger partial charge >= 0.3 is 6.18 Å². The van der Waals surface area contributed by atoms with Gasteiger partial charge < -0.3 is 10.2 Å². The van der Waals surface area contributed by atoms with E-state index in [0.29, 0.717) is 18.1 Å². The van der Waals surface area contributed by atoms with Crippen molar-refractivity contribution in [1.29, 1.82) is 0 Å². The van der Waals surface area contributed by atoms with Crippen LogP contribution in [-0.4, -0.2) is 44.4 Å². The van der Waals surface area contributed by atoms with Crippen LogP contribution in [0.3, 0.4) is 0 Å². The van der Waals surface area contributed by atoms with Crippen LogP contribution >= 0.6 is 0 Å². The van der Waals surface area contributed by atoms with Crippen molar-refractivity contribution < 1.29 is 22.4 Å². The Labute approximate surface area is 193 Å². The van der Waals surface area contributed by atoms with Crippen LogP contribution in [-0.2, 0) is 6.18 Å². The lowest BCUT2D eigenvalue weighted by Crippen LogP contribution is -2.48. The van der Waals surface area contributed by atoms with Gasteiger partial charge in [0.15, 0.2) is 5.82 Å². The zero-order chi connectivity index (χ0) is 24.0. The number of nitrogens with one attached hydrogen (secondary N) is 1.